The van der Waals surface area contributed by atoms with Crippen LogP contribution < -0.4 is 11.1 Å². The van der Waals surface area contributed by atoms with E-state index < -0.39 is 0 Å². The lowest BCUT2D eigenvalue weighted by Gasteiger charge is -2.18. The number of hydrogen-bond donors (Lipinski definition) is 2. The topological polar surface area (TPSA) is 38.0 Å². The molecule has 0 bridgehead atoms. The molecule has 3 N–H and O–H groups in total. The third-order valence-corrected chi connectivity index (χ3v) is 3.77. The van der Waals surface area contributed by atoms with Crippen molar-refractivity contribution in [3.05, 3.63) is 64.7 Å². The molecular weight excluding hydrogens is 232 g/mol. The number of anilines is 1. The minimum atomic E-state index is 0.616. The lowest BCUT2D eigenvalue weighted by atomic mass is 9.97. The van der Waals surface area contributed by atoms with E-state index in [9.17, 15) is 0 Å². The van der Waals surface area contributed by atoms with Crippen molar-refractivity contribution in [3.8, 4) is 0 Å². The number of nitrogens with two attached hydrogens (primary N) is 1. The van der Waals surface area contributed by atoms with Crippen LogP contribution in [0.4, 0.5) is 5.69 Å². The third kappa shape index (κ3) is 2.79. The SMILES string of the molecule is NCc1ccc(Cc2ccc3c(c2)CCCN3)cc1. The summed E-state index contributed by atoms with van der Waals surface area (Å²) in [6.45, 7) is 1.72. The fourth-order valence-corrected chi connectivity index (χ4v) is 2.67. The van der Waals surface area contributed by atoms with E-state index in [1.807, 2.05) is 0 Å². The number of nitrogens with one attached hydrogen (secondary N) is 1. The maximum Gasteiger partial charge on any atom is 0.0372 e. The van der Waals surface area contributed by atoms with Gasteiger partial charge in [0, 0.05) is 18.8 Å². The van der Waals surface area contributed by atoms with Gasteiger partial charge in [-0.25, -0.2) is 0 Å². The molecule has 19 heavy (non-hydrogen) atoms. The van der Waals surface area contributed by atoms with Gasteiger partial charge in [0.25, 0.3) is 0 Å². The maximum atomic E-state index is 5.62. The summed E-state index contributed by atoms with van der Waals surface area (Å²) in [6.07, 6.45) is 3.43. The first-order valence-corrected chi connectivity index (χ1v) is 6.99. The normalized spacial score (nSPS) is 13.7. The Morgan fingerprint density at radius 1 is 0.947 bits per heavy atom. The summed E-state index contributed by atoms with van der Waals surface area (Å²) in [5.74, 6) is 0. The van der Waals surface area contributed by atoms with E-state index in [0.29, 0.717) is 6.54 Å². The fraction of sp³-hybridized carbons (Fsp3) is 0.294. The summed E-state index contributed by atoms with van der Waals surface area (Å²) in [4.78, 5) is 0. The molecule has 1 aliphatic rings. The van der Waals surface area contributed by atoms with E-state index in [0.717, 1.165) is 13.0 Å². The van der Waals surface area contributed by atoms with Gasteiger partial charge in [0.05, 0.1) is 0 Å². The van der Waals surface area contributed by atoms with Crippen molar-refractivity contribution in [2.24, 2.45) is 5.73 Å². The molecule has 0 saturated carbocycles. The number of fused-ring (bicyclic) bond motifs is 1. The second-order valence-electron chi connectivity index (χ2n) is 5.22. The molecule has 2 nitrogen and oxygen atoms in total. The van der Waals surface area contributed by atoms with Crippen molar-refractivity contribution in [1.82, 2.24) is 0 Å². The zero-order valence-electron chi connectivity index (χ0n) is 11.2. The lowest BCUT2D eigenvalue weighted by Crippen LogP contribution is -2.11. The van der Waals surface area contributed by atoms with Gasteiger partial charge in [-0.3, -0.25) is 0 Å². The molecule has 1 aliphatic heterocycles. The molecule has 0 spiro atoms. The Labute approximate surface area is 114 Å². The van der Waals surface area contributed by atoms with Gasteiger partial charge in [-0.05, 0) is 47.6 Å². The van der Waals surface area contributed by atoms with Crippen LogP contribution in [0.15, 0.2) is 42.5 Å². The number of aryl methyl sites for hydroxylation is 1. The number of rotatable bonds is 3. The highest BCUT2D eigenvalue weighted by Gasteiger charge is 2.08. The zero-order chi connectivity index (χ0) is 13.1. The van der Waals surface area contributed by atoms with Gasteiger partial charge in [0.15, 0.2) is 0 Å². The van der Waals surface area contributed by atoms with E-state index in [-0.39, 0.29) is 0 Å². The molecule has 0 fully saturated rings. The predicted molar refractivity (Wildman–Crippen MR) is 80.4 cm³/mol. The molecule has 1 heterocycles. The second-order valence-corrected chi connectivity index (χ2v) is 5.22. The molecule has 0 saturated heterocycles. The van der Waals surface area contributed by atoms with Crippen LogP contribution in [0, 0.1) is 0 Å². The predicted octanol–water partition coefficient (Wildman–Crippen LogP) is 3.09. The Morgan fingerprint density at radius 3 is 2.47 bits per heavy atom. The monoisotopic (exact) mass is 252 g/mol. The highest BCUT2D eigenvalue weighted by Crippen LogP contribution is 2.24. The highest BCUT2D eigenvalue weighted by molar-refractivity contribution is 5.54. The van der Waals surface area contributed by atoms with Crippen LogP contribution in [0.2, 0.25) is 0 Å². The average Bonchev–Trinajstić information content (AvgIpc) is 2.48. The van der Waals surface area contributed by atoms with Gasteiger partial charge in [-0.2, -0.15) is 0 Å². The molecule has 0 atom stereocenters. The molecule has 0 amide bonds. The Kier molecular flexibility index (Phi) is 3.51. The smallest absolute Gasteiger partial charge is 0.0372 e. The molecule has 0 unspecified atom stereocenters. The maximum absolute atomic E-state index is 5.62. The van der Waals surface area contributed by atoms with Crippen LogP contribution in [0.5, 0.6) is 0 Å². The van der Waals surface area contributed by atoms with Crippen LogP contribution in [-0.4, -0.2) is 6.54 Å². The van der Waals surface area contributed by atoms with Gasteiger partial charge >= 0.3 is 0 Å². The van der Waals surface area contributed by atoms with Crippen LogP contribution in [0.1, 0.15) is 28.7 Å². The van der Waals surface area contributed by atoms with Crippen molar-refractivity contribution in [2.75, 3.05) is 11.9 Å². The van der Waals surface area contributed by atoms with E-state index >= 15 is 0 Å². The summed E-state index contributed by atoms with van der Waals surface area (Å²) >= 11 is 0. The first-order valence-electron chi connectivity index (χ1n) is 6.99. The summed E-state index contributed by atoms with van der Waals surface area (Å²) < 4.78 is 0. The largest absolute Gasteiger partial charge is 0.385 e. The Hall–Kier alpha value is -1.80. The molecule has 2 heteroatoms. The van der Waals surface area contributed by atoms with Gasteiger partial charge < -0.3 is 11.1 Å². The lowest BCUT2D eigenvalue weighted by molar-refractivity contribution is 0.828. The molecular formula is C17H20N2. The van der Waals surface area contributed by atoms with Crippen LogP contribution in [0.25, 0.3) is 0 Å². The number of hydrogen-bond acceptors (Lipinski definition) is 2. The Balaban J connectivity index is 1.78. The van der Waals surface area contributed by atoms with Crippen LogP contribution >= 0.6 is 0 Å². The Bertz CT molecular complexity index is 558. The van der Waals surface area contributed by atoms with E-state index in [1.165, 1.54) is 40.8 Å². The van der Waals surface area contributed by atoms with Crippen molar-refractivity contribution in [3.63, 3.8) is 0 Å². The highest BCUT2D eigenvalue weighted by atomic mass is 14.9. The molecule has 98 valence electrons. The number of benzene rings is 2. The summed E-state index contributed by atoms with van der Waals surface area (Å²) in [5.41, 5.74) is 12.3. The molecule has 0 radical (unpaired) electrons. The average molecular weight is 252 g/mol. The third-order valence-electron chi connectivity index (χ3n) is 3.77. The first-order chi connectivity index (χ1) is 9.35. The molecule has 2 aromatic rings. The molecule has 3 rings (SSSR count). The quantitative estimate of drug-likeness (QED) is 0.881. The van der Waals surface area contributed by atoms with Crippen LogP contribution in [-0.2, 0) is 19.4 Å². The standard InChI is InChI=1S/C17H20N2/c18-12-14-5-3-13(4-6-14)10-15-7-8-17-16(11-15)2-1-9-19-17/h3-8,11,19H,1-2,9-10,12,18H2. The van der Waals surface area contributed by atoms with Crippen molar-refractivity contribution >= 4 is 5.69 Å². The van der Waals surface area contributed by atoms with E-state index in [2.05, 4.69) is 47.8 Å². The first kappa shape index (κ1) is 12.2. The van der Waals surface area contributed by atoms with Crippen molar-refractivity contribution < 1.29 is 0 Å². The van der Waals surface area contributed by atoms with E-state index in [1.54, 1.807) is 0 Å². The molecule has 2 aromatic carbocycles. The zero-order valence-corrected chi connectivity index (χ0v) is 11.2. The molecule has 0 aliphatic carbocycles. The Morgan fingerprint density at radius 2 is 1.68 bits per heavy atom. The van der Waals surface area contributed by atoms with Gasteiger partial charge in [-0.1, -0.05) is 36.4 Å². The molecule has 0 aromatic heterocycles. The minimum absolute atomic E-state index is 0.616. The van der Waals surface area contributed by atoms with Gasteiger partial charge in [0.2, 0.25) is 0 Å². The fourth-order valence-electron chi connectivity index (χ4n) is 2.67. The second kappa shape index (κ2) is 5.45. The van der Waals surface area contributed by atoms with Crippen molar-refractivity contribution in [2.45, 2.75) is 25.8 Å². The summed E-state index contributed by atoms with van der Waals surface area (Å²) in [7, 11) is 0. The summed E-state index contributed by atoms with van der Waals surface area (Å²) in [6, 6.07) is 15.4. The van der Waals surface area contributed by atoms with E-state index in [4.69, 9.17) is 5.73 Å². The minimum Gasteiger partial charge on any atom is -0.385 e. The van der Waals surface area contributed by atoms with Crippen LogP contribution in [0.3, 0.4) is 0 Å². The van der Waals surface area contributed by atoms with Crippen molar-refractivity contribution in [1.29, 1.82) is 0 Å². The summed E-state index contributed by atoms with van der Waals surface area (Å²) in [5, 5.41) is 3.45. The van der Waals surface area contributed by atoms with Gasteiger partial charge in [0.1, 0.15) is 0 Å². The van der Waals surface area contributed by atoms with Gasteiger partial charge in [-0.15, -0.1) is 0 Å².